The second-order valence-corrected chi connectivity index (χ2v) is 11.4. The van der Waals surface area contributed by atoms with Crippen molar-refractivity contribution in [1.82, 2.24) is 4.57 Å². The smallest absolute Gasteiger partial charge is 0.0541 e. The van der Waals surface area contributed by atoms with Crippen LogP contribution in [-0.4, -0.2) is 4.57 Å². The summed E-state index contributed by atoms with van der Waals surface area (Å²) in [6.45, 7) is 2.23. The first-order valence-electron chi connectivity index (χ1n) is 14.6. The van der Waals surface area contributed by atoms with E-state index in [0.717, 1.165) is 0 Å². The van der Waals surface area contributed by atoms with Crippen molar-refractivity contribution < 1.29 is 0 Å². The summed E-state index contributed by atoms with van der Waals surface area (Å²) in [6, 6.07) is 53.5. The standard InChI is InChI=1S/C41H27N/c1-26-11-10-18-35-36(26)25-37-31-14-3-2-12-29(31)30-13-4-5-17-34(30)41(37)40(35)27-21-23-28(24-22-27)42-38-19-8-6-15-32(38)33-16-7-9-20-39(33)42/h2-25H,1H3. The number of para-hydroxylation sites is 2. The fourth-order valence-electron chi connectivity index (χ4n) is 7.23. The van der Waals surface area contributed by atoms with E-state index in [4.69, 9.17) is 0 Å². The van der Waals surface area contributed by atoms with Crippen LogP contribution in [0, 0.1) is 6.92 Å². The van der Waals surface area contributed by atoms with Crippen LogP contribution < -0.4 is 0 Å². The Kier molecular flexibility index (Phi) is 4.88. The van der Waals surface area contributed by atoms with E-state index >= 15 is 0 Å². The summed E-state index contributed by atoms with van der Waals surface area (Å²) >= 11 is 0. The van der Waals surface area contributed by atoms with Gasteiger partial charge in [0.05, 0.1) is 11.0 Å². The molecule has 0 N–H and O–H groups in total. The first-order chi connectivity index (χ1) is 20.8. The Morgan fingerprint density at radius 2 is 0.881 bits per heavy atom. The van der Waals surface area contributed by atoms with E-state index in [1.54, 1.807) is 0 Å². The molecule has 0 saturated heterocycles. The zero-order valence-electron chi connectivity index (χ0n) is 23.3. The number of aryl methyl sites for hydroxylation is 1. The van der Waals surface area contributed by atoms with Gasteiger partial charge in [-0.3, -0.25) is 0 Å². The topological polar surface area (TPSA) is 4.93 Å². The Morgan fingerprint density at radius 3 is 1.52 bits per heavy atom. The molecule has 0 aliphatic rings. The number of hydrogen-bond acceptors (Lipinski definition) is 0. The number of nitrogens with zero attached hydrogens (tertiary/aromatic N) is 1. The molecule has 1 heterocycles. The highest BCUT2D eigenvalue weighted by atomic mass is 15.0. The van der Waals surface area contributed by atoms with Gasteiger partial charge in [-0.25, -0.2) is 0 Å². The average molecular weight is 534 g/mol. The largest absolute Gasteiger partial charge is 0.309 e. The van der Waals surface area contributed by atoms with Crippen molar-refractivity contribution in [3.63, 3.8) is 0 Å². The van der Waals surface area contributed by atoms with Gasteiger partial charge in [-0.1, -0.05) is 115 Å². The molecule has 0 unspecified atom stereocenters. The second kappa shape index (κ2) is 8.80. The van der Waals surface area contributed by atoms with Crippen molar-refractivity contribution >= 4 is 64.9 Å². The third-order valence-electron chi connectivity index (χ3n) is 9.10. The van der Waals surface area contributed by atoms with Gasteiger partial charge in [0.15, 0.2) is 0 Å². The van der Waals surface area contributed by atoms with E-state index in [0.29, 0.717) is 0 Å². The van der Waals surface area contributed by atoms with Crippen LogP contribution in [0.1, 0.15) is 5.56 Å². The van der Waals surface area contributed by atoms with Gasteiger partial charge >= 0.3 is 0 Å². The Hall–Kier alpha value is -5.40. The lowest BCUT2D eigenvalue weighted by Gasteiger charge is -2.18. The van der Waals surface area contributed by atoms with Crippen LogP contribution in [0.3, 0.4) is 0 Å². The van der Waals surface area contributed by atoms with Crippen molar-refractivity contribution in [2.45, 2.75) is 6.92 Å². The SMILES string of the molecule is Cc1cccc2c(-c3ccc(-n4c5ccccc5c5ccccc54)cc3)c3c4ccccc4c4ccccc4c3cc12. The summed E-state index contributed by atoms with van der Waals surface area (Å²) in [7, 11) is 0. The molecule has 0 radical (unpaired) electrons. The van der Waals surface area contributed by atoms with Crippen molar-refractivity contribution in [2.24, 2.45) is 0 Å². The predicted octanol–water partition coefficient (Wildman–Crippen LogP) is 11.4. The molecule has 0 spiro atoms. The summed E-state index contributed by atoms with van der Waals surface area (Å²) < 4.78 is 2.39. The molecule has 0 fully saturated rings. The molecular formula is C41H27N. The second-order valence-electron chi connectivity index (χ2n) is 11.4. The first kappa shape index (κ1) is 23.3. The van der Waals surface area contributed by atoms with Crippen LogP contribution in [0.15, 0.2) is 146 Å². The van der Waals surface area contributed by atoms with E-state index in [9.17, 15) is 0 Å². The Balaban J connectivity index is 1.38. The van der Waals surface area contributed by atoms with Crippen LogP contribution in [0.5, 0.6) is 0 Å². The molecule has 0 saturated carbocycles. The van der Waals surface area contributed by atoms with Gasteiger partial charge in [-0.15, -0.1) is 0 Å². The Morgan fingerprint density at radius 1 is 0.381 bits per heavy atom. The lowest BCUT2D eigenvalue weighted by molar-refractivity contribution is 1.18. The van der Waals surface area contributed by atoms with Crippen LogP contribution in [0.2, 0.25) is 0 Å². The van der Waals surface area contributed by atoms with Crippen molar-refractivity contribution in [3.8, 4) is 16.8 Å². The molecule has 1 heteroatoms. The minimum atomic E-state index is 1.17. The number of aromatic nitrogens is 1. The normalized spacial score (nSPS) is 11.9. The zero-order valence-corrected chi connectivity index (χ0v) is 23.3. The minimum Gasteiger partial charge on any atom is -0.309 e. The highest BCUT2D eigenvalue weighted by molar-refractivity contribution is 6.32. The highest BCUT2D eigenvalue weighted by Crippen LogP contribution is 2.45. The molecule has 0 aliphatic carbocycles. The summed E-state index contributed by atoms with van der Waals surface area (Å²) in [5.74, 6) is 0. The van der Waals surface area contributed by atoms with Gasteiger partial charge in [0.25, 0.3) is 0 Å². The predicted molar refractivity (Wildman–Crippen MR) is 181 cm³/mol. The first-order valence-corrected chi connectivity index (χ1v) is 14.6. The summed E-state index contributed by atoms with van der Waals surface area (Å²) in [5.41, 5.74) is 7.48. The van der Waals surface area contributed by atoms with Crippen LogP contribution in [0.25, 0.3) is 81.7 Å². The number of hydrogen-bond donors (Lipinski definition) is 0. The average Bonchev–Trinajstić information content (AvgIpc) is 3.39. The maximum Gasteiger partial charge on any atom is 0.0541 e. The minimum absolute atomic E-state index is 1.17. The summed E-state index contributed by atoms with van der Waals surface area (Å²) in [5, 5.41) is 13.0. The molecule has 0 bridgehead atoms. The molecule has 0 atom stereocenters. The van der Waals surface area contributed by atoms with Crippen LogP contribution in [-0.2, 0) is 0 Å². The Bertz CT molecular complexity index is 2460. The molecule has 0 aliphatic heterocycles. The molecule has 42 heavy (non-hydrogen) atoms. The molecule has 196 valence electrons. The number of benzene rings is 8. The van der Waals surface area contributed by atoms with Crippen molar-refractivity contribution in [3.05, 3.63) is 151 Å². The van der Waals surface area contributed by atoms with Crippen LogP contribution >= 0.6 is 0 Å². The van der Waals surface area contributed by atoms with E-state index < -0.39 is 0 Å². The number of rotatable bonds is 2. The van der Waals surface area contributed by atoms with E-state index in [2.05, 4.69) is 157 Å². The van der Waals surface area contributed by atoms with Gasteiger partial charge in [-0.05, 0) is 97.0 Å². The third-order valence-corrected chi connectivity index (χ3v) is 9.10. The summed E-state index contributed by atoms with van der Waals surface area (Å²) in [6.07, 6.45) is 0. The molecule has 8 aromatic carbocycles. The quantitative estimate of drug-likeness (QED) is 0.154. The fraction of sp³-hybridized carbons (Fsp3) is 0.0244. The zero-order chi connectivity index (χ0) is 27.8. The fourth-order valence-corrected chi connectivity index (χ4v) is 7.23. The number of fused-ring (bicyclic) bond motifs is 10. The highest BCUT2D eigenvalue weighted by Gasteiger charge is 2.18. The van der Waals surface area contributed by atoms with Gasteiger partial charge in [-0.2, -0.15) is 0 Å². The van der Waals surface area contributed by atoms with Gasteiger partial charge in [0.2, 0.25) is 0 Å². The third kappa shape index (κ3) is 3.19. The van der Waals surface area contributed by atoms with Gasteiger partial charge in [0.1, 0.15) is 0 Å². The monoisotopic (exact) mass is 533 g/mol. The van der Waals surface area contributed by atoms with E-state index in [1.165, 1.54) is 87.3 Å². The van der Waals surface area contributed by atoms with E-state index in [1.807, 2.05) is 0 Å². The van der Waals surface area contributed by atoms with Crippen molar-refractivity contribution in [2.75, 3.05) is 0 Å². The molecular weight excluding hydrogens is 506 g/mol. The maximum atomic E-state index is 2.42. The molecule has 9 aromatic rings. The maximum absolute atomic E-state index is 2.42. The van der Waals surface area contributed by atoms with Crippen molar-refractivity contribution in [1.29, 1.82) is 0 Å². The summed E-state index contributed by atoms with van der Waals surface area (Å²) in [4.78, 5) is 0. The molecule has 1 nitrogen and oxygen atoms in total. The lowest BCUT2D eigenvalue weighted by atomic mass is 9.85. The van der Waals surface area contributed by atoms with Gasteiger partial charge in [0, 0.05) is 16.5 Å². The Labute approximate surface area is 243 Å². The molecule has 1 aromatic heterocycles. The van der Waals surface area contributed by atoms with Crippen LogP contribution in [0.4, 0.5) is 0 Å². The lowest BCUT2D eigenvalue weighted by Crippen LogP contribution is -1.94. The van der Waals surface area contributed by atoms with E-state index in [-0.39, 0.29) is 0 Å². The van der Waals surface area contributed by atoms with Gasteiger partial charge < -0.3 is 4.57 Å². The molecule has 9 rings (SSSR count). The molecule has 0 amide bonds.